The summed E-state index contributed by atoms with van der Waals surface area (Å²) in [5.74, 6) is -0.288. The summed E-state index contributed by atoms with van der Waals surface area (Å²) < 4.78 is 1.91. The van der Waals surface area contributed by atoms with Gasteiger partial charge in [-0.1, -0.05) is 30.3 Å². The molecule has 3 rings (SSSR count). The molecule has 0 fully saturated rings. The highest BCUT2D eigenvalue weighted by Gasteiger charge is 2.04. The number of imidazole rings is 1. The molecule has 2 aromatic carbocycles. The Hall–Kier alpha value is -3.47. The molecule has 25 heavy (non-hydrogen) atoms. The van der Waals surface area contributed by atoms with Crippen molar-refractivity contribution in [1.29, 1.82) is 0 Å². The molecule has 0 bridgehead atoms. The number of aromatic nitrogens is 2. The number of nitrogens with zero attached hydrogens (tertiary/aromatic N) is 2. The van der Waals surface area contributed by atoms with Crippen LogP contribution in [0.1, 0.15) is 22.8 Å². The van der Waals surface area contributed by atoms with Crippen molar-refractivity contribution in [2.24, 2.45) is 0 Å². The minimum absolute atomic E-state index is 0.120. The number of ketones is 1. The minimum atomic E-state index is -0.168. The number of anilines is 1. The molecule has 124 valence electrons. The number of nitrogens with one attached hydrogen (secondary N) is 1. The normalized spacial score (nSPS) is 10.8. The van der Waals surface area contributed by atoms with Crippen LogP contribution in [-0.2, 0) is 4.79 Å². The number of benzene rings is 2. The number of carbonyl (C=O) groups is 2. The van der Waals surface area contributed by atoms with Gasteiger partial charge in [-0.05, 0) is 35.9 Å². The lowest BCUT2D eigenvalue weighted by Crippen LogP contribution is -2.06. The van der Waals surface area contributed by atoms with Crippen LogP contribution in [0.25, 0.3) is 11.8 Å². The average Bonchev–Trinajstić information content (AvgIpc) is 3.14. The number of rotatable bonds is 5. The summed E-state index contributed by atoms with van der Waals surface area (Å²) in [6, 6.07) is 14.7. The van der Waals surface area contributed by atoms with Gasteiger partial charge >= 0.3 is 0 Å². The summed E-state index contributed by atoms with van der Waals surface area (Å²) in [6.45, 7) is 1.43. The molecule has 0 saturated carbocycles. The summed E-state index contributed by atoms with van der Waals surface area (Å²) in [5, 5.41) is 2.67. The summed E-state index contributed by atoms with van der Waals surface area (Å²) >= 11 is 0. The van der Waals surface area contributed by atoms with E-state index in [1.807, 2.05) is 35.0 Å². The van der Waals surface area contributed by atoms with Crippen molar-refractivity contribution in [2.45, 2.75) is 6.92 Å². The highest BCUT2D eigenvalue weighted by atomic mass is 16.1. The molecule has 1 amide bonds. The molecule has 0 atom stereocenters. The van der Waals surface area contributed by atoms with E-state index in [2.05, 4.69) is 10.3 Å². The van der Waals surface area contributed by atoms with Gasteiger partial charge in [0.25, 0.3) is 0 Å². The van der Waals surface area contributed by atoms with Crippen molar-refractivity contribution >= 4 is 23.5 Å². The molecule has 5 nitrogen and oxygen atoms in total. The van der Waals surface area contributed by atoms with Gasteiger partial charge in [-0.15, -0.1) is 0 Å². The zero-order chi connectivity index (χ0) is 17.6. The Bertz CT molecular complexity index is 910. The molecule has 0 spiro atoms. The molecule has 1 N–H and O–H groups in total. The Labute approximate surface area is 145 Å². The van der Waals surface area contributed by atoms with Crippen molar-refractivity contribution in [3.8, 4) is 5.69 Å². The van der Waals surface area contributed by atoms with Gasteiger partial charge in [-0.25, -0.2) is 4.98 Å². The van der Waals surface area contributed by atoms with Gasteiger partial charge in [0.2, 0.25) is 5.91 Å². The van der Waals surface area contributed by atoms with E-state index >= 15 is 0 Å². The van der Waals surface area contributed by atoms with Gasteiger partial charge in [0.05, 0.1) is 6.33 Å². The molecule has 5 heteroatoms. The zero-order valence-electron chi connectivity index (χ0n) is 13.7. The first-order valence-corrected chi connectivity index (χ1v) is 7.80. The molecule has 0 saturated heterocycles. The van der Waals surface area contributed by atoms with E-state index in [0.717, 1.165) is 11.3 Å². The van der Waals surface area contributed by atoms with E-state index in [-0.39, 0.29) is 11.7 Å². The standard InChI is InChI=1S/C20H17N3O2/c1-15(24)22-18-4-2-3-17(13-18)20(25)10-7-16-5-8-19(9-6-16)23-12-11-21-14-23/h2-14H,1H3,(H,22,24). The van der Waals surface area contributed by atoms with Crippen molar-refractivity contribution in [2.75, 3.05) is 5.32 Å². The first kappa shape index (κ1) is 16.4. The molecule has 0 aliphatic heterocycles. The second kappa shape index (κ2) is 7.40. The number of amides is 1. The van der Waals surface area contributed by atoms with E-state index in [9.17, 15) is 9.59 Å². The Morgan fingerprint density at radius 1 is 1.12 bits per heavy atom. The number of allylic oxidation sites excluding steroid dienone is 1. The topological polar surface area (TPSA) is 64.0 Å². The molecule has 1 heterocycles. The van der Waals surface area contributed by atoms with Crippen LogP contribution < -0.4 is 5.32 Å². The third-order valence-corrected chi connectivity index (χ3v) is 3.59. The van der Waals surface area contributed by atoms with Crippen molar-refractivity contribution in [3.63, 3.8) is 0 Å². The van der Waals surface area contributed by atoms with Gasteiger partial charge < -0.3 is 9.88 Å². The summed E-state index contributed by atoms with van der Waals surface area (Å²) in [6.07, 6.45) is 8.62. The predicted octanol–water partition coefficient (Wildman–Crippen LogP) is 3.73. The first-order valence-electron chi connectivity index (χ1n) is 7.80. The maximum atomic E-state index is 12.3. The Balaban J connectivity index is 1.71. The fourth-order valence-corrected chi connectivity index (χ4v) is 2.39. The summed E-state index contributed by atoms with van der Waals surface area (Å²) in [5.41, 5.74) is 3.06. The van der Waals surface area contributed by atoms with Crippen LogP contribution in [0.15, 0.2) is 73.3 Å². The lowest BCUT2D eigenvalue weighted by molar-refractivity contribution is -0.114. The molecular formula is C20H17N3O2. The van der Waals surface area contributed by atoms with Gasteiger partial charge in [0, 0.05) is 36.3 Å². The van der Waals surface area contributed by atoms with Gasteiger partial charge in [-0.3, -0.25) is 9.59 Å². The fourth-order valence-electron chi connectivity index (χ4n) is 2.39. The molecule has 0 unspecified atom stereocenters. The van der Waals surface area contributed by atoms with Crippen LogP contribution in [0.5, 0.6) is 0 Å². The average molecular weight is 331 g/mol. The van der Waals surface area contributed by atoms with Crippen LogP contribution in [0.3, 0.4) is 0 Å². The monoisotopic (exact) mass is 331 g/mol. The Morgan fingerprint density at radius 2 is 1.92 bits per heavy atom. The Morgan fingerprint density at radius 3 is 2.60 bits per heavy atom. The fraction of sp³-hybridized carbons (Fsp3) is 0.0500. The maximum absolute atomic E-state index is 12.3. The first-order chi connectivity index (χ1) is 12.1. The third-order valence-electron chi connectivity index (χ3n) is 3.59. The number of carbonyl (C=O) groups excluding carboxylic acids is 2. The van der Waals surface area contributed by atoms with Crippen LogP contribution in [0.2, 0.25) is 0 Å². The molecule has 3 aromatic rings. The van der Waals surface area contributed by atoms with Crippen molar-refractivity contribution < 1.29 is 9.59 Å². The van der Waals surface area contributed by atoms with Crippen LogP contribution in [0.4, 0.5) is 5.69 Å². The highest BCUT2D eigenvalue weighted by Crippen LogP contribution is 2.14. The Kier molecular flexibility index (Phi) is 4.85. The number of hydrogen-bond acceptors (Lipinski definition) is 3. The quantitative estimate of drug-likeness (QED) is 0.572. The SMILES string of the molecule is CC(=O)Nc1cccc(C(=O)C=Cc2ccc(-n3ccnc3)cc2)c1. The molecule has 0 aliphatic carbocycles. The third kappa shape index (κ3) is 4.29. The lowest BCUT2D eigenvalue weighted by Gasteiger charge is -2.03. The van der Waals surface area contributed by atoms with E-state index in [1.165, 1.54) is 13.0 Å². The van der Waals surface area contributed by atoms with E-state index in [0.29, 0.717) is 11.3 Å². The second-order valence-electron chi connectivity index (χ2n) is 5.52. The van der Waals surface area contributed by atoms with E-state index < -0.39 is 0 Å². The molecule has 1 aromatic heterocycles. The smallest absolute Gasteiger partial charge is 0.221 e. The van der Waals surface area contributed by atoms with Gasteiger partial charge in [0.1, 0.15) is 0 Å². The summed E-state index contributed by atoms with van der Waals surface area (Å²) in [4.78, 5) is 27.4. The number of hydrogen-bond donors (Lipinski definition) is 1. The van der Waals surface area contributed by atoms with Crippen LogP contribution >= 0.6 is 0 Å². The van der Waals surface area contributed by atoms with Crippen molar-refractivity contribution in [1.82, 2.24) is 9.55 Å². The van der Waals surface area contributed by atoms with Crippen LogP contribution in [-0.4, -0.2) is 21.2 Å². The van der Waals surface area contributed by atoms with Gasteiger partial charge in [0.15, 0.2) is 5.78 Å². The molecular weight excluding hydrogens is 314 g/mol. The predicted molar refractivity (Wildman–Crippen MR) is 97.7 cm³/mol. The lowest BCUT2D eigenvalue weighted by atomic mass is 10.1. The minimum Gasteiger partial charge on any atom is -0.326 e. The van der Waals surface area contributed by atoms with Crippen LogP contribution in [0, 0.1) is 0 Å². The molecule has 0 radical (unpaired) electrons. The van der Waals surface area contributed by atoms with Crippen molar-refractivity contribution in [3.05, 3.63) is 84.5 Å². The van der Waals surface area contributed by atoms with E-state index in [4.69, 9.17) is 0 Å². The second-order valence-corrected chi connectivity index (χ2v) is 5.52. The van der Waals surface area contributed by atoms with Gasteiger partial charge in [-0.2, -0.15) is 0 Å². The highest BCUT2D eigenvalue weighted by molar-refractivity contribution is 6.07. The zero-order valence-corrected chi connectivity index (χ0v) is 13.7. The summed E-state index contributed by atoms with van der Waals surface area (Å²) in [7, 11) is 0. The molecule has 0 aliphatic rings. The maximum Gasteiger partial charge on any atom is 0.221 e. The van der Waals surface area contributed by atoms with E-state index in [1.54, 1.807) is 42.9 Å². The largest absolute Gasteiger partial charge is 0.326 e.